The number of aliphatic hydroxyl groups is 1. The van der Waals surface area contributed by atoms with Crippen molar-refractivity contribution < 1.29 is 48.3 Å². The average molecular weight is 922 g/mol. The fraction of sp³-hybridized carbons (Fsp3) is 0.553. The van der Waals surface area contributed by atoms with Gasteiger partial charge in [0.15, 0.2) is 0 Å². The molecule has 10 atom stereocenters. The van der Waals surface area contributed by atoms with Crippen molar-refractivity contribution in [2.75, 3.05) is 6.61 Å². The van der Waals surface area contributed by atoms with Gasteiger partial charge in [0.05, 0.1) is 12.6 Å². The fourth-order valence-corrected chi connectivity index (χ4v) is 6.63. The largest absolute Gasteiger partial charge is 0.394 e. The number of aliphatic hydroxyl groups excluding tert-OH is 1. The first-order chi connectivity index (χ1) is 31.1. The van der Waals surface area contributed by atoms with E-state index in [2.05, 4.69) is 42.5 Å². The second-order valence-corrected chi connectivity index (χ2v) is 17.5. The average Bonchev–Trinajstić information content (AvgIpc) is 3.28. The van der Waals surface area contributed by atoms with E-state index in [4.69, 9.17) is 5.73 Å². The molecule has 2 aromatic carbocycles. The lowest BCUT2D eigenvalue weighted by Gasteiger charge is -2.29. The summed E-state index contributed by atoms with van der Waals surface area (Å²) in [6.45, 7) is 14.3. The van der Waals surface area contributed by atoms with Crippen LogP contribution in [0.25, 0.3) is 0 Å². The van der Waals surface area contributed by atoms with Crippen LogP contribution in [0.5, 0.6) is 0 Å². The van der Waals surface area contributed by atoms with Crippen LogP contribution in [0, 0.1) is 17.8 Å². The minimum absolute atomic E-state index is 0.00619. The quantitative estimate of drug-likeness (QED) is 0.0518. The lowest BCUT2D eigenvalue weighted by molar-refractivity contribution is -0.136. The van der Waals surface area contributed by atoms with Crippen LogP contribution in [0.2, 0.25) is 0 Å². The van der Waals surface area contributed by atoms with E-state index in [1.54, 1.807) is 81.4 Å². The third kappa shape index (κ3) is 18.7. The van der Waals surface area contributed by atoms with E-state index in [9.17, 15) is 48.3 Å². The summed E-state index contributed by atoms with van der Waals surface area (Å²) >= 11 is 0. The third-order valence-corrected chi connectivity index (χ3v) is 10.9. The maximum Gasteiger partial charge on any atom is 0.243 e. The molecule has 0 saturated heterocycles. The van der Waals surface area contributed by atoms with Gasteiger partial charge in [0.25, 0.3) is 0 Å². The number of hydrogen-bond donors (Lipinski definition) is 10. The van der Waals surface area contributed by atoms with E-state index >= 15 is 0 Å². The molecule has 8 amide bonds. The summed E-state index contributed by atoms with van der Waals surface area (Å²) in [6.07, 6.45) is 1.49. The summed E-state index contributed by atoms with van der Waals surface area (Å²) in [6, 6.07) is 7.40. The minimum atomic E-state index is -1.27. The lowest BCUT2D eigenvalue weighted by atomic mass is 9.96. The zero-order valence-electron chi connectivity index (χ0n) is 39.5. The van der Waals surface area contributed by atoms with Gasteiger partial charge in [0.1, 0.15) is 54.6 Å². The molecule has 0 aliphatic rings. The molecule has 0 saturated carbocycles. The molecule has 0 aliphatic heterocycles. The smallest absolute Gasteiger partial charge is 0.243 e. The monoisotopic (exact) mass is 922 g/mol. The van der Waals surface area contributed by atoms with Crippen molar-refractivity contribution in [3.63, 3.8) is 0 Å². The zero-order valence-corrected chi connectivity index (χ0v) is 39.5. The maximum atomic E-state index is 14.1. The molecule has 0 fully saturated rings. The molecule has 2 rings (SSSR count). The maximum absolute atomic E-state index is 14.1. The first kappa shape index (κ1) is 55.9. The van der Waals surface area contributed by atoms with Gasteiger partial charge >= 0.3 is 0 Å². The van der Waals surface area contributed by atoms with Crippen LogP contribution in [-0.4, -0.2) is 120 Å². The molecule has 11 N–H and O–H groups in total. The molecule has 0 aliphatic carbocycles. The van der Waals surface area contributed by atoms with E-state index in [0.29, 0.717) is 30.3 Å². The number of nitrogens with one attached hydrogen (secondary N) is 8. The van der Waals surface area contributed by atoms with E-state index < -0.39 is 120 Å². The summed E-state index contributed by atoms with van der Waals surface area (Å²) in [5.41, 5.74) is 7.01. The molecule has 0 unspecified atom stereocenters. The number of benzene rings is 2. The van der Waals surface area contributed by atoms with Gasteiger partial charge in [-0.3, -0.25) is 38.4 Å². The van der Waals surface area contributed by atoms with Crippen molar-refractivity contribution in [3.8, 4) is 0 Å². The lowest BCUT2D eigenvalue weighted by Crippen LogP contribution is -2.61. The summed E-state index contributed by atoms with van der Waals surface area (Å²) in [5, 5.41) is 30.4. The number of aldehydes is 1. The standard InChI is InChI=1S/C47H71N9O10/c1-10-28(6)39(56-42(61)31(9)51-44(63)36(22-32-17-13-11-14-18-32)53-46(65)38(27(4)5)55-43(62)35(48)25-58)47(66)54-37(23-33-19-15-12-16-20-33)45(64)50-29(7)40(59)49-30(8)41(60)52-34(24-57)21-26(2)3/h11-20,24,26-31,34-39,58H,10,21-23,25,48H2,1-9H3,(H,49,59)(H,50,64)(H,51,63)(H,52,60)(H,53,65)(H,54,66)(H,55,62)(H,56,61)/t28-,29-,30-,31-,34-,35-,36-,37-,38-,39-/m0/s1. The highest BCUT2D eigenvalue weighted by atomic mass is 16.3. The number of rotatable bonds is 27. The first-order valence-corrected chi connectivity index (χ1v) is 22.4. The molecule has 19 nitrogen and oxygen atoms in total. The molecule has 364 valence electrons. The van der Waals surface area contributed by atoms with Crippen LogP contribution in [0.3, 0.4) is 0 Å². The Kier molecular flexibility index (Phi) is 23.7. The Morgan fingerprint density at radius 3 is 1.32 bits per heavy atom. The summed E-state index contributed by atoms with van der Waals surface area (Å²) < 4.78 is 0. The van der Waals surface area contributed by atoms with Gasteiger partial charge in [-0.2, -0.15) is 0 Å². The van der Waals surface area contributed by atoms with Gasteiger partial charge in [0.2, 0.25) is 47.3 Å². The Morgan fingerprint density at radius 2 is 0.924 bits per heavy atom. The highest BCUT2D eigenvalue weighted by molar-refractivity contribution is 5.98. The van der Waals surface area contributed by atoms with Crippen LogP contribution < -0.4 is 48.3 Å². The van der Waals surface area contributed by atoms with Gasteiger partial charge < -0.3 is 58.2 Å². The normalized spacial score (nSPS) is 15.7. The Morgan fingerprint density at radius 1 is 0.530 bits per heavy atom. The summed E-state index contributed by atoms with van der Waals surface area (Å²) in [5.74, 6) is -6.41. The highest BCUT2D eigenvalue weighted by Crippen LogP contribution is 2.12. The van der Waals surface area contributed by atoms with Crippen LogP contribution in [-0.2, 0) is 56.0 Å². The Labute approximate surface area is 387 Å². The highest BCUT2D eigenvalue weighted by Gasteiger charge is 2.35. The molecular weight excluding hydrogens is 851 g/mol. The van der Waals surface area contributed by atoms with Crippen molar-refractivity contribution in [3.05, 3.63) is 71.8 Å². The number of nitrogens with two attached hydrogens (primary N) is 1. The molecular formula is C47H71N9O10. The Hall–Kier alpha value is -6.21. The van der Waals surface area contributed by atoms with E-state index in [-0.39, 0.29) is 18.8 Å². The van der Waals surface area contributed by atoms with Gasteiger partial charge in [-0.15, -0.1) is 0 Å². The number of amides is 8. The van der Waals surface area contributed by atoms with Gasteiger partial charge in [-0.1, -0.05) is 109 Å². The molecule has 0 heterocycles. The summed E-state index contributed by atoms with van der Waals surface area (Å²) in [7, 11) is 0. The van der Waals surface area contributed by atoms with E-state index in [1.165, 1.54) is 20.8 Å². The molecule has 0 bridgehead atoms. The minimum Gasteiger partial charge on any atom is -0.394 e. The van der Waals surface area contributed by atoms with Gasteiger partial charge in [0, 0.05) is 12.8 Å². The van der Waals surface area contributed by atoms with Gasteiger partial charge in [-0.25, -0.2) is 0 Å². The second-order valence-electron chi connectivity index (χ2n) is 17.5. The number of carbonyl (C=O) groups excluding carboxylic acids is 9. The summed E-state index contributed by atoms with van der Waals surface area (Å²) in [4.78, 5) is 119. The third-order valence-electron chi connectivity index (χ3n) is 10.9. The Balaban J connectivity index is 2.27. The zero-order chi connectivity index (χ0) is 49.7. The predicted octanol–water partition coefficient (Wildman–Crippen LogP) is -0.323. The van der Waals surface area contributed by atoms with Crippen molar-refractivity contribution in [2.24, 2.45) is 23.5 Å². The molecule has 0 aromatic heterocycles. The first-order valence-electron chi connectivity index (χ1n) is 22.4. The second kappa shape index (κ2) is 28.0. The van der Waals surface area contributed by atoms with Crippen molar-refractivity contribution in [1.29, 1.82) is 0 Å². The van der Waals surface area contributed by atoms with Crippen molar-refractivity contribution >= 4 is 53.5 Å². The predicted molar refractivity (Wildman–Crippen MR) is 248 cm³/mol. The van der Waals surface area contributed by atoms with Crippen LogP contribution in [0.1, 0.15) is 86.3 Å². The molecule has 66 heavy (non-hydrogen) atoms. The van der Waals surface area contributed by atoms with Crippen molar-refractivity contribution in [2.45, 2.75) is 142 Å². The van der Waals surface area contributed by atoms with Crippen LogP contribution in [0.15, 0.2) is 60.7 Å². The van der Waals surface area contributed by atoms with Gasteiger partial charge in [-0.05, 0) is 56.1 Å². The number of carbonyl (C=O) groups is 9. The molecule has 0 spiro atoms. The topological polar surface area (TPSA) is 296 Å². The molecule has 0 radical (unpaired) electrons. The van der Waals surface area contributed by atoms with Crippen LogP contribution in [0.4, 0.5) is 0 Å². The Bertz CT molecular complexity index is 1930. The van der Waals surface area contributed by atoms with E-state index in [0.717, 1.165) is 0 Å². The van der Waals surface area contributed by atoms with Crippen molar-refractivity contribution in [1.82, 2.24) is 42.5 Å². The molecule has 2 aromatic rings. The number of hydrogen-bond acceptors (Lipinski definition) is 11. The SMILES string of the molecule is CC[C@H](C)[C@H](NC(=O)[C@H](C)NC(=O)[C@H](Cc1ccccc1)NC(=O)[C@@H](NC(=O)[C@@H](N)CO)C(C)C)C(=O)N[C@@H](Cc1ccccc1)C(=O)N[C@@H](C)C(=O)N[C@@H](C)C(=O)N[C@H](C=O)CC(C)C. The van der Waals surface area contributed by atoms with Crippen LogP contribution >= 0.6 is 0 Å². The fourth-order valence-electron chi connectivity index (χ4n) is 6.63. The molecule has 19 heteroatoms. The van der Waals surface area contributed by atoms with E-state index in [1.807, 2.05) is 20.8 Å².